The molecule has 0 bridgehead atoms. The summed E-state index contributed by atoms with van der Waals surface area (Å²) >= 11 is 0. The topological polar surface area (TPSA) is 49.3 Å². The van der Waals surface area contributed by atoms with Crippen LogP contribution in [0.1, 0.15) is 24.8 Å². The van der Waals surface area contributed by atoms with E-state index in [1.54, 1.807) is 0 Å². The minimum Gasteiger partial charge on any atom is -0.396 e. The molecule has 2 rings (SSSR count). The largest absolute Gasteiger partial charge is 0.396 e. The van der Waals surface area contributed by atoms with Crippen LogP contribution in [-0.4, -0.2) is 24.2 Å². The molecule has 2 aromatic rings. The molecule has 0 aliphatic carbocycles. The van der Waals surface area contributed by atoms with Crippen LogP contribution in [-0.2, 0) is 4.79 Å². The molecule has 0 saturated heterocycles. The number of carbonyl (C=O) groups is 1. The van der Waals surface area contributed by atoms with Crippen molar-refractivity contribution in [2.75, 3.05) is 13.2 Å². The SMILES string of the molecule is CC(C(=O)NCCCO)c1ccc2ccccc2c1. The van der Waals surface area contributed by atoms with Gasteiger partial charge in [0.1, 0.15) is 0 Å². The van der Waals surface area contributed by atoms with Gasteiger partial charge in [-0.3, -0.25) is 4.79 Å². The van der Waals surface area contributed by atoms with Gasteiger partial charge in [0.2, 0.25) is 5.91 Å². The molecular weight excluding hydrogens is 238 g/mol. The first kappa shape index (κ1) is 13.6. The van der Waals surface area contributed by atoms with E-state index < -0.39 is 0 Å². The Bertz CT molecular complexity index is 565. The van der Waals surface area contributed by atoms with E-state index in [2.05, 4.69) is 23.5 Å². The average molecular weight is 257 g/mol. The third-order valence-electron chi connectivity index (χ3n) is 3.30. The molecule has 0 spiro atoms. The fourth-order valence-corrected chi connectivity index (χ4v) is 2.07. The first-order valence-electron chi connectivity index (χ1n) is 6.59. The Morgan fingerprint density at radius 1 is 1.21 bits per heavy atom. The number of benzene rings is 2. The molecule has 3 nitrogen and oxygen atoms in total. The molecule has 19 heavy (non-hydrogen) atoms. The van der Waals surface area contributed by atoms with Crippen LogP contribution >= 0.6 is 0 Å². The number of hydrogen-bond acceptors (Lipinski definition) is 2. The lowest BCUT2D eigenvalue weighted by Gasteiger charge is -2.13. The van der Waals surface area contributed by atoms with Crippen molar-refractivity contribution in [1.82, 2.24) is 5.32 Å². The minimum atomic E-state index is -0.178. The molecule has 1 atom stereocenters. The number of nitrogens with one attached hydrogen (secondary N) is 1. The van der Waals surface area contributed by atoms with Gasteiger partial charge < -0.3 is 10.4 Å². The highest BCUT2D eigenvalue weighted by atomic mass is 16.3. The molecule has 0 aliphatic heterocycles. The lowest BCUT2D eigenvalue weighted by atomic mass is 9.97. The van der Waals surface area contributed by atoms with E-state index in [4.69, 9.17) is 5.11 Å². The molecule has 100 valence electrons. The number of carbonyl (C=O) groups excluding carboxylic acids is 1. The van der Waals surface area contributed by atoms with E-state index in [-0.39, 0.29) is 18.4 Å². The zero-order valence-electron chi connectivity index (χ0n) is 11.1. The minimum absolute atomic E-state index is 0.00345. The van der Waals surface area contributed by atoms with Gasteiger partial charge in [-0.25, -0.2) is 0 Å². The number of rotatable bonds is 5. The van der Waals surface area contributed by atoms with Gasteiger partial charge in [-0.15, -0.1) is 0 Å². The molecule has 1 amide bonds. The summed E-state index contributed by atoms with van der Waals surface area (Å²) in [6.07, 6.45) is 0.593. The standard InChI is InChI=1S/C16H19NO2/c1-12(16(19)17-9-4-10-18)14-8-7-13-5-2-3-6-15(13)11-14/h2-3,5-8,11-12,18H,4,9-10H2,1H3,(H,17,19). The number of fused-ring (bicyclic) bond motifs is 1. The lowest BCUT2D eigenvalue weighted by molar-refractivity contribution is -0.122. The normalized spacial score (nSPS) is 12.3. The highest BCUT2D eigenvalue weighted by Crippen LogP contribution is 2.21. The van der Waals surface area contributed by atoms with E-state index in [1.807, 2.05) is 31.2 Å². The van der Waals surface area contributed by atoms with Crippen molar-refractivity contribution in [2.24, 2.45) is 0 Å². The van der Waals surface area contributed by atoms with Crippen molar-refractivity contribution in [1.29, 1.82) is 0 Å². The van der Waals surface area contributed by atoms with Crippen molar-refractivity contribution in [3.8, 4) is 0 Å². The molecule has 0 fully saturated rings. The maximum absolute atomic E-state index is 12.0. The predicted molar refractivity (Wildman–Crippen MR) is 77.1 cm³/mol. The third kappa shape index (κ3) is 3.32. The van der Waals surface area contributed by atoms with Crippen LogP contribution in [0.4, 0.5) is 0 Å². The van der Waals surface area contributed by atoms with Gasteiger partial charge in [0.15, 0.2) is 0 Å². The third-order valence-corrected chi connectivity index (χ3v) is 3.30. The second kappa shape index (κ2) is 6.34. The van der Waals surface area contributed by atoms with Crippen LogP contribution in [0, 0.1) is 0 Å². The zero-order chi connectivity index (χ0) is 13.7. The highest BCUT2D eigenvalue weighted by Gasteiger charge is 2.14. The van der Waals surface area contributed by atoms with Crippen molar-refractivity contribution in [3.63, 3.8) is 0 Å². The molecule has 2 N–H and O–H groups in total. The van der Waals surface area contributed by atoms with Crippen molar-refractivity contribution in [2.45, 2.75) is 19.3 Å². The fourth-order valence-electron chi connectivity index (χ4n) is 2.07. The van der Waals surface area contributed by atoms with Gasteiger partial charge in [0.25, 0.3) is 0 Å². The first-order chi connectivity index (χ1) is 9.22. The second-order valence-electron chi connectivity index (χ2n) is 4.70. The van der Waals surface area contributed by atoms with Crippen LogP contribution in [0.3, 0.4) is 0 Å². The molecule has 2 aromatic carbocycles. The van der Waals surface area contributed by atoms with Crippen molar-refractivity contribution >= 4 is 16.7 Å². The molecule has 0 heterocycles. The summed E-state index contributed by atoms with van der Waals surface area (Å²) in [6.45, 7) is 2.52. The Kier molecular flexibility index (Phi) is 4.53. The molecule has 0 saturated carbocycles. The summed E-state index contributed by atoms with van der Waals surface area (Å²) in [5, 5.41) is 13.9. The van der Waals surface area contributed by atoms with E-state index >= 15 is 0 Å². The van der Waals surface area contributed by atoms with Gasteiger partial charge in [-0.2, -0.15) is 0 Å². The maximum Gasteiger partial charge on any atom is 0.227 e. The van der Waals surface area contributed by atoms with Gasteiger partial charge in [0, 0.05) is 13.2 Å². The summed E-state index contributed by atoms with van der Waals surface area (Å²) in [6, 6.07) is 14.2. The van der Waals surface area contributed by atoms with E-state index in [1.165, 1.54) is 5.39 Å². The van der Waals surface area contributed by atoms with E-state index in [0.717, 1.165) is 10.9 Å². The quantitative estimate of drug-likeness (QED) is 0.808. The fraction of sp³-hybridized carbons (Fsp3) is 0.312. The maximum atomic E-state index is 12.0. The van der Waals surface area contributed by atoms with Gasteiger partial charge in [-0.05, 0) is 29.7 Å². The summed E-state index contributed by atoms with van der Waals surface area (Å²) in [4.78, 5) is 12.0. The molecule has 1 unspecified atom stereocenters. The molecular formula is C16H19NO2. The Morgan fingerprint density at radius 2 is 1.95 bits per heavy atom. The number of hydrogen-bond donors (Lipinski definition) is 2. The van der Waals surface area contributed by atoms with Gasteiger partial charge in [-0.1, -0.05) is 42.5 Å². The van der Waals surface area contributed by atoms with Crippen LogP contribution in [0.25, 0.3) is 10.8 Å². The first-order valence-corrected chi connectivity index (χ1v) is 6.59. The summed E-state index contributed by atoms with van der Waals surface area (Å²) in [5.41, 5.74) is 1.01. The molecule has 0 aromatic heterocycles. The highest BCUT2D eigenvalue weighted by molar-refractivity contribution is 5.87. The Hall–Kier alpha value is -1.87. The Balaban J connectivity index is 2.12. The number of aliphatic hydroxyl groups excluding tert-OH is 1. The Labute approximate surface area is 113 Å². The Morgan fingerprint density at radius 3 is 2.68 bits per heavy atom. The van der Waals surface area contributed by atoms with Gasteiger partial charge in [0.05, 0.1) is 5.92 Å². The molecule has 0 aliphatic rings. The van der Waals surface area contributed by atoms with Crippen LogP contribution in [0.2, 0.25) is 0 Å². The second-order valence-corrected chi connectivity index (χ2v) is 4.70. The summed E-state index contributed by atoms with van der Waals surface area (Å²) < 4.78 is 0. The van der Waals surface area contributed by atoms with Crippen molar-refractivity contribution < 1.29 is 9.90 Å². The monoisotopic (exact) mass is 257 g/mol. The zero-order valence-corrected chi connectivity index (χ0v) is 11.1. The van der Waals surface area contributed by atoms with Crippen molar-refractivity contribution in [3.05, 3.63) is 48.0 Å². The average Bonchev–Trinajstić information content (AvgIpc) is 2.46. The smallest absolute Gasteiger partial charge is 0.227 e. The van der Waals surface area contributed by atoms with Gasteiger partial charge >= 0.3 is 0 Å². The summed E-state index contributed by atoms with van der Waals surface area (Å²) in [5.74, 6) is -0.174. The predicted octanol–water partition coefficient (Wildman–Crippen LogP) is 2.44. The summed E-state index contributed by atoms with van der Waals surface area (Å²) in [7, 11) is 0. The van der Waals surface area contributed by atoms with Crippen LogP contribution in [0.15, 0.2) is 42.5 Å². The van der Waals surface area contributed by atoms with E-state index in [0.29, 0.717) is 13.0 Å². The molecule has 0 radical (unpaired) electrons. The van der Waals surface area contributed by atoms with Crippen LogP contribution < -0.4 is 5.32 Å². The molecule has 3 heteroatoms. The van der Waals surface area contributed by atoms with E-state index in [9.17, 15) is 4.79 Å². The number of amides is 1. The lowest BCUT2D eigenvalue weighted by Crippen LogP contribution is -2.29. The number of aliphatic hydroxyl groups is 1. The van der Waals surface area contributed by atoms with Crippen LogP contribution in [0.5, 0.6) is 0 Å².